The maximum Gasteiger partial charge on any atom is 0.389 e. The molecule has 0 aliphatic carbocycles. The van der Waals surface area contributed by atoms with Crippen LogP contribution in [0.15, 0.2) is 18.2 Å². The number of hydrogen-bond donors (Lipinski definition) is 1. The molecule has 2 nitrogen and oxygen atoms in total. The Kier molecular flexibility index (Phi) is 5.41. The van der Waals surface area contributed by atoms with Gasteiger partial charge in [0.25, 0.3) is 0 Å². The summed E-state index contributed by atoms with van der Waals surface area (Å²) in [6.07, 6.45) is -4.02. The van der Waals surface area contributed by atoms with Gasteiger partial charge in [-0.3, -0.25) is 4.98 Å². The maximum absolute atomic E-state index is 11.8. The average molecular weight is 246 g/mol. The molecule has 0 unspecified atom stereocenters. The highest BCUT2D eigenvalue weighted by atomic mass is 19.4. The Bertz CT molecular complexity index is 337. The van der Waals surface area contributed by atoms with E-state index in [1.54, 1.807) is 0 Å². The first-order valence-corrected chi connectivity index (χ1v) is 5.67. The molecule has 0 bridgehead atoms. The Balaban J connectivity index is 2.09. The molecule has 0 saturated heterocycles. The van der Waals surface area contributed by atoms with Gasteiger partial charge in [0.1, 0.15) is 0 Å². The molecular weight excluding hydrogens is 229 g/mol. The van der Waals surface area contributed by atoms with E-state index >= 15 is 0 Å². The zero-order valence-corrected chi connectivity index (χ0v) is 9.85. The molecule has 0 aliphatic heterocycles. The summed E-state index contributed by atoms with van der Waals surface area (Å²) < 4.78 is 35.5. The summed E-state index contributed by atoms with van der Waals surface area (Å²) in [7, 11) is 0. The van der Waals surface area contributed by atoms with Gasteiger partial charge in [-0.25, -0.2) is 0 Å². The molecule has 0 saturated carbocycles. The van der Waals surface area contributed by atoms with Crippen LogP contribution >= 0.6 is 0 Å². The van der Waals surface area contributed by atoms with Crippen LogP contribution in [-0.4, -0.2) is 17.7 Å². The van der Waals surface area contributed by atoms with Crippen LogP contribution in [-0.2, 0) is 6.54 Å². The molecule has 0 fully saturated rings. The molecule has 0 atom stereocenters. The minimum Gasteiger partial charge on any atom is -0.311 e. The number of halogens is 3. The highest BCUT2D eigenvalue weighted by Crippen LogP contribution is 2.21. The van der Waals surface area contributed by atoms with Crippen molar-refractivity contribution in [1.82, 2.24) is 10.3 Å². The molecule has 5 heteroatoms. The van der Waals surface area contributed by atoms with Crippen LogP contribution in [0.2, 0.25) is 0 Å². The fourth-order valence-electron chi connectivity index (χ4n) is 1.49. The van der Waals surface area contributed by atoms with Gasteiger partial charge in [-0.15, -0.1) is 0 Å². The van der Waals surface area contributed by atoms with Gasteiger partial charge in [0, 0.05) is 18.7 Å². The number of hydrogen-bond acceptors (Lipinski definition) is 2. The van der Waals surface area contributed by atoms with E-state index in [1.807, 2.05) is 25.1 Å². The van der Waals surface area contributed by atoms with E-state index in [4.69, 9.17) is 0 Å². The Morgan fingerprint density at radius 2 is 2.00 bits per heavy atom. The summed E-state index contributed by atoms with van der Waals surface area (Å²) in [6.45, 7) is 3.10. The van der Waals surface area contributed by atoms with Gasteiger partial charge in [-0.1, -0.05) is 6.07 Å². The Morgan fingerprint density at radius 3 is 2.65 bits per heavy atom. The standard InChI is InChI=1S/C12H17F3N2/c1-10-5-4-6-11(17-10)9-16-8-3-2-7-12(13,14)15/h4-6,16H,2-3,7-9H2,1H3. The Labute approximate surface area is 99.3 Å². The van der Waals surface area contributed by atoms with E-state index < -0.39 is 12.6 Å². The normalized spacial score (nSPS) is 11.8. The van der Waals surface area contributed by atoms with Crippen LogP contribution in [0, 0.1) is 6.92 Å². The molecule has 0 aromatic carbocycles. The lowest BCUT2D eigenvalue weighted by Gasteiger charge is -2.07. The van der Waals surface area contributed by atoms with Crippen LogP contribution in [0.4, 0.5) is 13.2 Å². The molecule has 0 radical (unpaired) electrons. The van der Waals surface area contributed by atoms with E-state index in [0.29, 0.717) is 19.5 Å². The fourth-order valence-corrected chi connectivity index (χ4v) is 1.49. The largest absolute Gasteiger partial charge is 0.389 e. The molecule has 1 aromatic rings. The van der Waals surface area contributed by atoms with Crippen LogP contribution in [0.5, 0.6) is 0 Å². The monoisotopic (exact) mass is 246 g/mol. The van der Waals surface area contributed by atoms with Crippen molar-refractivity contribution in [1.29, 1.82) is 0 Å². The third-order valence-corrected chi connectivity index (χ3v) is 2.32. The Morgan fingerprint density at radius 1 is 1.24 bits per heavy atom. The maximum atomic E-state index is 11.8. The molecule has 17 heavy (non-hydrogen) atoms. The summed E-state index contributed by atoms with van der Waals surface area (Å²) in [4.78, 5) is 4.29. The molecule has 1 rings (SSSR count). The summed E-state index contributed by atoms with van der Waals surface area (Å²) in [5.41, 5.74) is 1.86. The molecule has 1 heterocycles. The van der Waals surface area contributed by atoms with E-state index in [2.05, 4.69) is 10.3 Å². The number of aromatic nitrogens is 1. The zero-order valence-electron chi connectivity index (χ0n) is 9.85. The van der Waals surface area contributed by atoms with Gasteiger partial charge in [0.2, 0.25) is 0 Å². The number of pyridine rings is 1. The van der Waals surface area contributed by atoms with Crippen molar-refractivity contribution in [3.63, 3.8) is 0 Å². The van der Waals surface area contributed by atoms with Crippen molar-refractivity contribution in [2.75, 3.05) is 6.54 Å². The molecule has 1 N–H and O–H groups in total. The lowest BCUT2D eigenvalue weighted by molar-refractivity contribution is -0.135. The van der Waals surface area contributed by atoms with Crippen molar-refractivity contribution in [2.45, 2.75) is 38.9 Å². The summed E-state index contributed by atoms with van der Waals surface area (Å²) in [5, 5.41) is 3.09. The van der Waals surface area contributed by atoms with Crippen molar-refractivity contribution in [3.05, 3.63) is 29.6 Å². The average Bonchev–Trinajstić information content (AvgIpc) is 2.22. The molecule has 0 amide bonds. The van der Waals surface area contributed by atoms with Gasteiger partial charge in [0.15, 0.2) is 0 Å². The quantitative estimate of drug-likeness (QED) is 0.779. The molecule has 0 spiro atoms. The summed E-state index contributed by atoms with van der Waals surface area (Å²) in [6, 6.07) is 5.73. The number of aryl methyl sites for hydroxylation is 1. The highest BCUT2D eigenvalue weighted by Gasteiger charge is 2.25. The lowest BCUT2D eigenvalue weighted by atomic mass is 10.2. The first kappa shape index (κ1) is 14.0. The number of nitrogens with zero attached hydrogens (tertiary/aromatic N) is 1. The van der Waals surface area contributed by atoms with Crippen molar-refractivity contribution in [3.8, 4) is 0 Å². The topological polar surface area (TPSA) is 24.9 Å². The number of nitrogens with one attached hydrogen (secondary N) is 1. The highest BCUT2D eigenvalue weighted by molar-refractivity contribution is 5.09. The number of unbranched alkanes of at least 4 members (excludes halogenated alkanes) is 1. The first-order chi connectivity index (χ1) is 7.97. The van der Waals surface area contributed by atoms with Crippen molar-refractivity contribution < 1.29 is 13.2 Å². The zero-order chi connectivity index (χ0) is 12.7. The number of rotatable bonds is 6. The second-order valence-corrected chi connectivity index (χ2v) is 4.02. The van der Waals surface area contributed by atoms with E-state index in [9.17, 15) is 13.2 Å². The SMILES string of the molecule is Cc1cccc(CNCCCCC(F)(F)F)n1. The minimum atomic E-state index is -4.03. The summed E-state index contributed by atoms with van der Waals surface area (Å²) >= 11 is 0. The smallest absolute Gasteiger partial charge is 0.311 e. The minimum absolute atomic E-state index is 0.178. The van der Waals surface area contributed by atoms with Gasteiger partial charge < -0.3 is 5.32 Å². The van der Waals surface area contributed by atoms with E-state index in [1.165, 1.54) is 0 Å². The van der Waals surface area contributed by atoms with Gasteiger partial charge >= 0.3 is 6.18 Å². The fraction of sp³-hybridized carbons (Fsp3) is 0.583. The van der Waals surface area contributed by atoms with E-state index in [-0.39, 0.29) is 6.42 Å². The van der Waals surface area contributed by atoms with Crippen LogP contribution in [0.25, 0.3) is 0 Å². The lowest BCUT2D eigenvalue weighted by Crippen LogP contribution is -2.16. The van der Waals surface area contributed by atoms with Crippen LogP contribution in [0.1, 0.15) is 30.7 Å². The second-order valence-electron chi connectivity index (χ2n) is 4.02. The first-order valence-electron chi connectivity index (χ1n) is 5.67. The predicted octanol–water partition coefficient (Wildman–Crippen LogP) is 3.21. The van der Waals surface area contributed by atoms with Crippen molar-refractivity contribution in [2.24, 2.45) is 0 Å². The molecule has 0 aliphatic rings. The van der Waals surface area contributed by atoms with Crippen LogP contribution in [0.3, 0.4) is 0 Å². The van der Waals surface area contributed by atoms with Crippen LogP contribution < -0.4 is 5.32 Å². The Hall–Kier alpha value is -1.10. The predicted molar refractivity (Wildman–Crippen MR) is 60.6 cm³/mol. The van der Waals surface area contributed by atoms with Crippen molar-refractivity contribution >= 4 is 0 Å². The van der Waals surface area contributed by atoms with Gasteiger partial charge in [-0.2, -0.15) is 13.2 Å². The second kappa shape index (κ2) is 6.59. The number of alkyl halides is 3. The third kappa shape index (κ3) is 6.94. The molecule has 96 valence electrons. The molecular formula is C12H17F3N2. The van der Waals surface area contributed by atoms with Gasteiger partial charge in [-0.05, 0) is 38.4 Å². The van der Waals surface area contributed by atoms with E-state index in [0.717, 1.165) is 11.4 Å². The van der Waals surface area contributed by atoms with Gasteiger partial charge in [0.05, 0.1) is 5.69 Å². The molecule has 1 aromatic heterocycles. The third-order valence-electron chi connectivity index (χ3n) is 2.32. The summed E-state index contributed by atoms with van der Waals surface area (Å²) in [5.74, 6) is 0.